The summed E-state index contributed by atoms with van der Waals surface area (Å²) >= 11 is 5.78. The molecule has 1 N–H and O–H groups in total. The zero-order valence-electron chi connectivity index (χ0n) is 8.87. The number of aliphatic hydroxyl groups is 1. The average Bonchev–Trinajstić information content (AvgIpc) is 2.36. The van der Waals surface area contributed by atoms with E-state index in [4.69, 9.17) is 11.6 Å². The minimum atomic E-state index is -1.63. The van der Waals surface area contributed by atoms with Gasteiger partial charge in [0.25, 0.3) is 0 Å². The Bertz CT molecular complexity index is 592. The van der Waals surface area contributed by atoms with Crippen molar-refractivity contribution in [3.05, 3.63) is 64.2 Å². The Labute approximate surface area is 106 Å². The average molecular weight is 274 g/mol. The van der Waals surface area contributed by atoms with E-state index in [1.807, 2.05) is 0 Å². The summed E-state index contributed by atoms with van der Waals surface area (Å²) in [6.07, 6.45) is 1.12. The van der Waals surface area contributed by atoms with E-state index in [0.29, 0.717) is 0 Å². The molecule has 94 valence electrons. The Morgan fingerprint density at radius 2 is 1.78 bits per heavy atom. The Kier molecular flexibility index (Phi) is 3.54. The summed E-state index contributed by atoms with van der Waals surface area (Å²) in [6, 6.07) is 3.08. The van der Waals surface area contributed by atoms with E-state index >= 15 is 0 Å². The highest BCUT2D eigenvalue weighted by atomic mass is 35.5. The van der Waals surface area contributed by atoms with Crippen molar-refractivity contribution in [1.82, 2.24) is 4.98 Å². The zero-order chi connectivity index (χ0) is 13.3. The van der Waals surface area contributed by atoms with Crippen molar-refractivity contribution in [2.24, 2.45) is 0 Å². The molecule has 6 heteroatoms. The van der Waals surface area contributed by atoms with E-state index in [1.54, 1.807) is 0 Å². The van der Waals surface area contributed by atoms with E-state index < -0.39 is 23.6 Å². The molecule has 0 saturated carbocycles. The third-order valence-corrected chi connectivity index (χ3v) is 2.77. The fourth-order valence-electron chi connectivity index (χ4n) is 1.53. The number of benzene rings is 1. The molecule has 1 heterocycles. The summed E-state index contributed by atoms with van der Waals surface area (Å²) in [5, 5.41) is 10.0. The third-order valence-electron chi connectivity index (χ3n) is 2.46. The number of rotatable bonds is 2. The second kappa shape index (κ2) is 4.96. The van der Waals surface area contributed by atoms with E-state index in [9.17, 15) is 18.3 Å². The highest BCUT2D eigenvalue weighted by Crippen LogP contribution is 2.30. The largest absolute Gasteiger partial charge is 0.383 e. The lowest BCUT2D eigenvalue weighted by atomic mass is 10.0. The molecule has 0 aliphatic heterocycles. The lowest BCUT2D eigenvalue weighted by Gasteiger charge is -2.13. The van der Waals surface area contributed by atoms with Crippen LogP contribution in [0.1, 0.15) is 17.2 Å². The predicted molar refractivity (Wildman–Crippen MR) is 59.6 cm³/mol. The second-order valence-electron chi connectivity index (χ2n) is 3.56. The van der Waals surface area contributed by atoms with Crippen LogP contribution in [0.5, 0.6) is 0 Å². The highest BCUT2D eigenvalue weighted by Gasteiger charge is 2.21. The van der Waals surface area contributed by atoms with Crippen molar-refractivity contribution in [2.75, 3.05) is 0 Å². The topological polar surface area (TPSA) is 33.1 Å². The fourth-order valence-corrected chi connectivity index (χ4v) is 1.75. The van der Waals surface area contributed by atoms with Crippen LogP contribution in [0.15, 0.2) is 30.6 Å². The predicted octanol–water partition coefficient (Wildman–Crippen LogP) is 3.23. The standard InChI is InChI=1S/C12H7ClF3NO/c13-8-5-17-4-3-6(8)12(18)7-1-2-9(14)11(16)10(7)15/h1-5,12,18H. The maximum atomic E-state index is 13.5. The van der Waals surface area contributed by atoms with Crippen molar-refractivity contribution in [3.8, 4) is 0 Å². The van der Waals surface area contributed by atoms with Crippen LogP contribution in [0.3, 0.4) is 0 Å². The van der Waals surface area contributed by atoms with E-state index in [-0.39, 0.29) is 16.1 Å². The lowest BCUT2D eigenvalue weighted by Crippen LogP contribution is -2.06. The molecule has 1 aromatic heterocycles. The zero-order valence-corrected chi connectivity index (χ0v) is 9.63. The lowest BCUT2D eigenvalue weighted by molar-refractivity contribution is 0.212. The maximum absolute atomic E-state index is 13.5. The van der Waals surface area contributed by atoms with Crippen LogP contribution in [-0.2, 0) is 0 Å². The van der Waals surface area contributed by atoms with Gasteiger partial charge in [-0.05, 0) is 12.1 Å². The first-order chi connectivity index (χ1) is 8.52. The fraction of sp³-hybridized carbons (Fsp3) is 0.0833. The number of pyridine rings is 1. The molecule has 1 unspecified atom stereocenters. The third kappa shape index (κ3) is 2.19. The molecule has 0 aliphatic carbocycles. The van der Waals surface area contributed by atoms with Gasteiger partial charge in [0.05, 0.1) is 5.02 Å². The molecule has 0 spiro atoms. The second-order valence-corrected chi connectivity index (χ2v) is 3.97. The Balaban J connectivity index is 2.50. The molecular formula is C12H7ClF3NO. The smallest absolute Gasteiger partial charge is 0.194 e. The molecule has 0 fully saturated rings. The van der Waals surface area contributed by atoms with Gasteiger partial charge in [0.2, 0.25) is 0 Å². The highest BCUT2D eigenvalue weighted by molar-refractivity contribution is 6.31. The van der Waals surface area contributed by atoms with Crippen LogP contribution in [-0.4, -0.2) is 10.1 Å². The molecule has 0 aliphatic rings. The van der Waals surface area contributed by atoms with Crippen LogP contribution in [0.25, 0.3) is 0 Å². The number of hydrogen-bond acceptors (Lipinski definition) is 2. The van der Waals surface area contributed by atoms with Crippen molar-refractivity contribution >= 4 is 11.6 Å². The normalized spacial score (nSPS) is 12.5. The minimum absolute atomic E-state index is 0.106. The molecule has 18 heavy (non-hydrogen) atoms. The molecule has 2 nitrogen and oxygen atoms in total. The number of hydrogen-bond donors (Lipinski definition) is 1. The van der Waals surface area contributed by atoms with Crippen LogP contribution >= 0.6 is 11.6 Å². The number of halogens is 4. The molecule has 1 atom stereocenters. The Morgan fingerprint density at radius 1 is 1.06 bits per heavy atom. The van der Waals surface area contributed by atoms with Crippen LogP contribution in [0, 0.1) is 17.5 Å². The molecule has 2 rings (SSSR count). The van der Waals surface area contributed by atoms with Gasteiger partial charge in [-0.15, -0.1) is 0 Å². The first kappa shape index (κ1) is 12.9. The number of aliphatic hydroxyl groups excluding tert-OH is 1. The van der Waals surface area contributed by atoms with Gasteiger partial charge < -0.3 is 5.11 Å². The minimum Gasteiger partial charge on any atom is -0.383 e. The number of nitrogens with zero attached hydrogens (tertiary/aromatic N) is 1. The van der Waals surface area contributed by atoms with Crippen molar-refractivity contribution in [2.45, 2.75) is 6.10 Å². The van der Waals surface area contributed by atoms with Crippen molar-refractivity contribution in [3.63, 3.8) is 0 Å². The van der Waals surface area contributed by atoms with E-state index in [0.717, 1.165) is 12.1 Å². The molecule has 0 saturated heterocycles. The molecule has 0 radical (unpaired) electrons. The maximum Gasteiger partial charge on any atom is 0.194 e. The first-order valence-electron chi connectivity index (χ1n) is 4.93. The van der Waals surface area contributed by atoms with Crippen molar-refractivity contribution in [1.29, 1.82) is 0 Å². The number of aromatic nitrogens is 1. The summed E-state index contributed by atoms with van der Waals surface area (Å²) in [5.41, 5.74) is -0.224. The Hall–Kier alpha value is -1.59. The van der Waals surface area contributed by atoms with Crippen LogP contribution < -0.4 is 0 Å². The summed E-state index contributed by atoms with van der Waals surface area (Å²) in [4.78, 5) is 3.70. The van der Waals surface area contributed by atoms with Crippen LogP contribution in [0.4, 0.5) is 13.2 Å². The Morgan fingerprint density at radius 3 is 2.44 bits per heavy atom. The first-order valence-corrected chi connectivity index (χ1v) is 5.31. The summed E-state index contributed by atoms with van der Waals surface area (Å²) in [6.45, 7) is 0. The summed E-state index contributed by atoms with van der Waals surface area (Å²) in [7, 11) is 0. The summed E-state index contributed by atoms with van der Waals surface area (Å²) in [5.74, 6) is -4.38. The van der Waals surface area contributed by atoms with E-state index in [2.05, 4.69) is 4.98 Å². The van der Waals surface area contributed by atoms with Gasteiger partial charge in [0, 0.05) is 23.5 Å². The summed E-state index contributed by atoms with van der Waals surface area (Å²) < 4.78 is 39.3. The van der Waals surface area contributed by atoms with Gasteiger partial charge in [0.1, 0.15) is 6.10 Å². The molecule has 0 bridgehead atoms. The monoisotopic (exact) mass is 273 g/mol. The molecular weight excluding hydrogens is 267 g/mol. The van der Waals surface area contributed by atoms with Crippen molar-refractivity contribution < 1.29 is 18.3 Å². The van der Waals surface area contributed by atoms with Gasteiger partial charge in [-0.3, -0.25) is 4.98 Å². The molecule has 0 amide bonds. The van der Waals surface area contributed by atoms with Gasteiger partial charge in [0.15, 0.2) is 17.5 Å². The van der Waals surface area contributed by atoms with Crippen LogP contribution in [0.2, 0.25) is 5.02 Å². The SMILES string of the molecule is OC(c1ccncc1Cl)c1ccc(F)c(F)c1F. The molecule has 1 aromatic carbocycles. The van der Waals surface area contributed by atoms with E-state index in [1.165, 1.54) is 18.5 Å². The quantitative estimate of drug-likeness (QED) is 0.852. The van der Waals surface area contributed by atoms with Gasteiger partial charge in [-0.25, -0.2) is 13.2 Å². The molecule has 2 aromatic rings. The van der Waals surface area contributed by atoms with Gasteiger partial charge in [-0.1, -0.05) is 17.7 Å². The van der Waals surface area contributed by atoms with Gasteiger partial charge >= 0.3 is 0 Å². The van der Waals surface area contributed by atoms with Gasteiger partial charge in [-0.2, -0.15) is 0 Å².